The second kappa shape index (κ2) is 11.5. The minimum atomic E-state index is -0.0619. The molecule has 7 nitrogen and oxygen atoms in total. The summed E-state index contributed by atoms with van der Waals surface area (Å²) in [7, 11) is 5.79. The SMILES string of the molecule is COc1ccccc1CN1CCC[C@@H](CN(CCN(C)C)C(=O)c2cc(C(C)C)no2)C1. The molecule has 1 atom stereocenters. The molecule has 1 aromatic heterocycles. The van der Waals surface area contributed by atoms with E-state index in [-0.39, 0.29) is 11.8 Å². The smallest absolute Gasteiger partial charge is 0.292 e. The van der Waals surface area contributed by atoms with Crippen LogP contribution >= 0.6 is 0 Å². The number of hydrogen-bond donors (Lipinski definition) is 0. The van der Waals surface area contributed by atoms with Crippen LogP contribution in [0.5, 0.6) is 5.75 Å². The molecule has 1 aliphatic heterocycles. The molecule has 0 aliphatic carbocycles. The summed E-state index contributed by atoms with van der Waals surface area (Å²) in [6.45, 7) is 9.22. The number of piperidine rings is 1. The highest BCUT2D eigenvalue weighted by Gasteiger charge is 2.27. The highest BCUT2D eigenvalue weighted by atomic mass is 16.5. The third kappa shape index (κ3) is 6.56. The molecule has 1 amide bonds. The normalized spacial score (nSPS) is 17.2. The third-order valence-corrected chi connectivity index (χ3v) is 6.10. The molecule has 1 aliphatic rings. The predicted molar refractivity (Wildman–Crippen MR) is 126 cm³/mol. The second-order valence-electron chi connectivity index (χ2n) is 9.38. The molecule has 0 bridgehead atoms. The number of rotatable bonds is 10. The van der Waals surface area contributed by atoms with E-state index in [1.807, 2.05) is 45.0 Å². The molecule has 0 unspecified atom stereocenters. The first kappa shape index (κ1) is 24.3. The molecular formula is C25H38N4O3. The van der Waals surface area contributed by atoms with E-state index in [9.17, 15) is 4.79 Å². The summed E-state index contributed by atoms with van der Waals surface area (Å²) in [5, 5.41) is 4.08. The summed E-state index contributed by atoms with van der Waals surface area (Å²) in [6, 6.07) is 10.0. The van der Waals surface area contributed by atoms with E-state index in [4.69, 9.17) is 9.26 Å². The Labute approximate surface area is 192 Å². The van der Waals surface area contributed by atoms with Crippen LogP contribution in [-0.4, -0.2) is 79.7 Å². The van der Waals surface area contributed by atoms with Crippen LogP contribution < -0.4 is 4.74 Å². The molecule has 1 fully saturated rings. The standard InChI is InChI=1S/C25H38N4O3/c1-19(2)22-15-24(32-26-22)25(30)29(14-13-27(3)4)17-20-9-8-12-28(16-20)18-21-10-6-7-11-23(21)31-5/h6-7,10-11,15,19-20H,8-9,12-14,16-18H2,1-5H3/t20-/m1/s1. The van der Waals surface area contributed by atoms with Gasteiger partial charge in [-0.2, -0.15) is 0 Å². The molecule has 0 spiro atoms. The monoisotopic (exact) mass is 442 g/mol. The topological polar surface area (TPSA) is 62.1 Å². The Morgan fingerprint density at radius 3 is 2.75 bits per heavy atom. The van der Waals surface area contributed by atoms with Gasteiger partial charge in [0.05, 0.1) is 12.8 Å². The number of aromatic nitrogens is 1. The third-order valence-electron chi connectivity index (χ3n) is 6.10. The number of likely N-dealkylation sites (tertiary alicyclic amines) is 1. The Hall–Kier alpha value is -2.38. The maximum atomic E-state index is 13.3. The first-order valence-electron chi connectivity index (χ1n) is 11.6. The number of ether oxygens (including phenoxy) is 1. The van der Waals surface area contributed by atoms with Gasteiger partial charge >= 0.3 is 0 Å². The first-order chi connectivity index (χ1) is 15.4. The van der Waals surface area contributed by atoms with Crippen LogP contribution in [0.1, 0.15) is 54.4 Å². The van der Waals surface area contributed by atoms with Crippen molar-refractivity contribution in [3.8, 4) is 5.75 Å². The van der Waals surface area contributed by atoms with Gasteiger partial charge in [-0.3, -0.25) is 9.69 Å². The molecule has 0 saturated carbocycles. The van der Waals surface area contributed by atoms with Gasteiger partial charge in [-0.25, -0.2) is 0 Å². The fourth-order valence-corrected chi connectivity index (χ4v) is 4.24. The van der Waals surface area contributed by atoms with Crippen molar-refractivity contribution >= 4 is 5.91 Å². The van der Waals surface area contributed by atoms with Crippen LogP contribution in [0.4, 0.5) is 0 Å². The van der Waals surface area contributed by atoms with Crippen molar-refractivity contribution in [3.05, 3.63) is 47.3 Å². The highest BCUT2D eigenvalue weighted by Crippen LogP contribution is 2.24. The number of carbonyl (C=O) groups excluding carboxylic acids is 1. The van der Waals surface area contributed by atoms with Crippen LogP contribution in [-0.2, 0) is 6.54 Å². The summed E-state index contributed by atoms with van der Waals surface area (Å²) >= 11 is 0. The van der Waals surface area contributed by atoms with E-state index < -0.39 is 0 Å². The number of benzene rings is 1. The molecule has 1 saturated heterocycles. The molecule has 7 heteroatoms. The van der Waals surface area contributed by atoms with E-state index in [1.165, 1.54) is 5.56 Å². The number of likely N-dealkylation sites (N-methyl/N-ethyl adjacent to an activating group) is 1. The fraction of sp³-hybridized carbons (Fsp3) is 0.600. The van der Waals surface area contributed by atoms with E-state index in [2.05, 4.69) is 27.1 Å². The van der Waals surface area contributed by atoms with Crippen molar-refractivity contribution in [3.63, 3.8) is 0 Å². The van der Waals surface area contributed by atoms with Gasteiger partial charge in [0.25, 0.3) is 5.91 Å². The molecule has 0 N–H and O–H groups in total. The van der Waals surface area contributed by atoms with Crippen LogP contribution in [0.2, 0.25) is 0 Å². The van der Waals surface area contributed by atoms with Crippen molar-refractivity contribution in [2.24, 2.45) is 5.92 Å². The lowest BCUT2D eigenvalue weighted by atomic mass is 9.96. The average molecular weight is 443 g/mol. The minimum absolute atomic E-state index is 0.0619. The van der Waals surface area contributed by atoms with E-state index in [0.29, 0.717) is 18.2 Å². The number of nitrogens with zero attached hydrogens (tertiary/aromatic N) is 4. The zero-order valence-corrected chi connectivity index (χ0v) is 20.2. The van der Waals surface area contributed by atoms with Gasteiger partial charge in [0, 0.05) is 44.4 Å². The summed E-state index contributed by atoms with van der Waals surface area (Å²) in [4.78, 5) is 19.8. The van der Waals surface area contributed by atoms with Crippen molar-refractivity contribution in [1.82, 2.24) is 19.9 Å². The zero-order valence-electron chi connectivity index (χ0n) is 20.2. The van der Waals surface area contributed by atoms with Crippen LogP contribution in [0, 0.1) is 5.92 Å². The lowest BCUT2D eigenvalue weighted by Crippen LogP contribution is -2.44. The molecule has 1 aromatic carbocycles. The molecule has 176 valence electrons. The maximum absolute atomic E-state index is 13.3. The Bertz CT molecular complexity index is 864. The summed E-state index contributed by atoms with van der Waals surface area (Å²) in [6.07, 6.45) is 2.26. The molecule has 2 aromatic rings. The van der Waals surface area contributed by atoms with Gasteiger partial charge in [-0.05, 0) is 51.4 Å². The number of methoxy groups -OCH3 is 1. The van der Waals surface area contributed by atoms with Crippen molar-refractivity contribution < 1.29 is 14.1 Å². The summed E-state index contributed by atoms with van der Waals surface area (Å²) in [5.74, 6) is 1.88. The molecular weight excluding hydrogens is 404 g/mol. The average Bonchev–Trinajstić information content (AvgIpc) is 3.27. The first-order valence-corrected chi connectivity index (χ1v) is 11.6. The van der Waals surface area contributed by atoms with Crippen molar-refractivity contribution in [2.75, 3.05) is 53.9 Å². The predicted octanol–water partition coefficient (Wildman–Crippen LogP) is 3.72. The zero-order chi connectivity index (χ0) is 23.1. The Kier molecular flexibility index (Phi) is 8.70. The van der Waals surface area contributed by atoms with Crippen LogP contribution in [0.15, 0.2) is 34.9 Å². The van der Waals surface area contributed by atoms with Gasteiger partial charge in [0.1, 0.15) is 5.75 Å². The molecule has 3 rings (SSSR count). The van der Waals surface area contributed by atoms with Crippen LogP contribution in [0.25, 0.3) is 0 Å². The van der Waals surface area contributed by atoms with Gasteiger partial charge in [-0.15, -0.1) is 0 Å². The lowest BCUT2D eigenvalue weighted by molar-refractivity contribution is 0.0621. The molecule has 32 heavy (non-hydrogen) atoms. The number of hydrogen-bond acceptors (Lipinski definition) is 6. The number of amides is 1. The molecule has 0 radical (unpaired) electrons. The Morgan fingerprint density at radius 2 is 2.06 bits per heavy atom. The quantitative estimate of drug-likeness (QED) is 0.559. The Balaban J connectivity index is 1.67. The van der Waals surface area contributed by atoms with Gasteiger partial charge < -0.3 is 19.1 Å². The van der Waals surface area contributed by atoms with Gasteiger partial charge in [-0.1, -0.05) is 37.2 Å². The van der Waals surface area contributed by atoms with Gasteiger partial charge in [0.15, 0.2) is 0 Å². The lowest BCUT2D eigenvalue weighted by Gasteiger charge is -2.36. The number of carbonyl (C=O) groups is 1. The second-order valence-corrected chi connectivity index (χ2v) is 9.38. The van der Waals surface area contributed by atoms with E-state index in [0.717, 1.165) is 57.0 Å². The van der Waals surface area contributed by atoms with Crippen LogP contribution in [0.3, 0.4) is 0 Å². The number of para-hydroxylation sites is 1. The Morgan fingerprint density at radius 1 is 1.28 bits per heavy atom. The summed E-state index contributed by atoms with van der Waals surface area (Å²) < 4.78 is 10.9. The highest BCUT2D eigenvalue weighted by molar-refractivity contribution is 5.91. The van der Waals surface area contributed by atoms with Gasteiger partial charge in [0.2, 0.25) is 5.76 Å². The largest absolute Gasteiger partial charge is 0.496 e. The van der Waals surface area contributed by atoms with E-state index >= 15 is 0 Å². The van der Waals surface area contributed by atoms with E-state index in [1.54, 1.807) is 13.2 Å². The van der Waals surface area contributed by atoms with Crippen molar-refractivity contribution in [1.29, 1.82) is 0 Å². The molecule has 2 heterocycles. The van der Waals surface area contributed by atoms with Crippen molar-refractivity contribution in [2.45, 2.75) is 39.2 Å². The minimum Gasteiger partial charge on any atom is -0.496 e. The maximum Gasteiger partial charge on any atom is 0.292 e. The summed E-state index contributed by atoms with van der Waals surface area (Å²) in [5.41, 5.74) is 2.03. The fourth-order valence-electron chi connectivity index (χ4n) is 4.24.